The van der Waals surface area contributed by atoms with Crippen LogP contribution in [0.2, 0.25) is 5.15 Å². The average Bonchev–Trinajstić information content (AvgIpc) is 3.49. The van der Waals surface area contributed by atoms with Gasteiger partial charge in [-0.25, -0.2) is 9.97 Å². The molecule has 39 heavy (non-hydrogen) atoms. The van der Waals surface area contributed by atoms with Gasteiger partial charge in [-0.15, -0.1) is 11.3 Å². The number of benzene rings is 3. The van der Waals surface area contributed by atoms with Gasteiger partial charge in [0.2, 0.25) is 0 Å². The van der Waals surface area contributed by atoms with E-state index in [-0.39, 0.29) is 15.8 Å². The molecule has 0 spiro atoms. The highest BCUT2D eigenvalue weighted by Gasteiger charge is 2.35. The van der Waals surface area contributed by atoms with Gasteiger partial charge in [0.1, 0.15) is 27.7 Å². The predicted molar refractivity (Wildman–Crippen MR) is 154 cm³/mol. The number of nitrogens with one attached hydrogen (secondary N) is 1. The molecule has 3 heterocycles. The zero-order valence-corrected chi connectivity index (χ0v) is 22.9. The molecule has 1 aliphatic rings. The maximum atomic E-state index is 13.4. The van der Waals surface area contributed by atoms with Crippen LogP contribution in [-0.2, 0) is 9.59 Å². The molecule has 2 amide bonds. The number of anilines is 1. The van der Waals surface area contributed by atoms with Crippen LogP contribution in [0.15, 0.2) is 98.4 Å². The lowest BCUT2D eigenvalue weighted by atomic mass is 10.1. The van der Waals surface area contributed by atoms with Crippen molar-refractivity contribution in [2.24, 2.45) is 0 Å². The van der Waals surface area contributed by atoms with E-state index in [2.05, 4.69) is 15.3 Å². The standard InChI is InChI=1S/C27H15ClN4O4S3/c28-22-21(38-27(30-22)39-26-29-19-8-4-5-9-20(19)36-26)14-18-23(33)31-25(37)32(24(18)34)15-10-12-17(13-11-15)35-16-6-2-1-3-7-16/h1-14H,(H,31,33,37). The van der Waals surface area contributed by atoms with Crippen LogP contribution in [0.3, 0.4) is 0 Å². The van der Waals surface area contributed by atoms with Crippen molar-refractivity contribution in [3.05, 3.63) is 94.5 Å². The van der Waals surface area contributed by atoms with Gasteiger partial charge in [0.15, 0.2) is 15.0 Å². The largest absolute Gasteiger partial charge is 0.457 e. The second kappa shape index (κ2) is 10.6. The molecule has 3 aromatic carbocycles. The first kappa shape index (κ1) is 25.3. The van der Waals surface area contributed by atoms with Crippen LogP contribution in [-0.4, -0.2) is 26.9 Å². The second-order valence-electron chi connectivity index (χ2n) is 8.05. The lowest BCUT2D eigenvalue weighted by Crippen LogP contribution is -2.54. The van der Waals surface area contributed by atoms with Crippen LogP contribution in [0.25, 0.3) is 17.2 Å². The van der Waals surface area contributed by atoms with E-state index in [0.717, 1.165) is 5.52 Å². The third-order valence-corrected chi connectivity index (χ3v) is 8.09. The fourth-order valence-corrected chi connectivity index (χ4v) is 6.19. The van der Waals surface area contributed by atoms with E-state index in [4.69, 9.17) is 33.0 Å². The first-order valence-electron chi connectivity index (χ1n) is 11.4. The molecule has 1 aliphatic heterocycles. The summed E-state index contributed by atoms with van der Waals surface area (Å²) in [6.45, 7) is 0. The zero-order valence-electron chi connectivity index (χ0n) is 19.7. The highest BCUT2D eigenvalue weighted by Crippen LogP contribution is 2.37. The van der Waals surface area contributed by atoms with Gasteiger partial charge in [-0.2, -0.15) is 0 Å². The van der Waals surface area contributed by atoms with Crippen molar-refractivity contribution in [3.63, 3.8) is 0 Å². The Hall–Kier alpha value is -4.03. The van der Waals surface area contributed by atoms with E-state index in [1.165, 1.54) is 34.1 Å². The van der Waals surface area contributed by atoms with Crippen molar-refractivity contribution in [2.75, 3.05) is 4.90 Å². The molecule has 0 saturated carbocycles. The minimum Gasteiger partial charge on any atom is -0.457 e. The molecule has 192 valence electrons. The Morgan fingerprint density at radius 3 is 2.46 bits per heavy atom. The number of thiocarbonyl (C=S) groups is 1. The normalized spacial score (nSPS) is 14.7. The summed E-state index contributed by atoms with van der Waals surface area (Å²) >= 11 is 14.1. The predicted octanol–water partition coefficient (Wildman–Crippen LogP) is 6.71. The number of fused-ring (bicyclic) bond motifs is 1. The number of ether oxygens (including phenoxy) is 1. The summed E-state index contributed by atoms with van der Waals surface area (Å²) in [4.78, 5) is 36.6. The molecular weight excluding hydrogens is 576 g/mol. The molecule has 1 N–H and O–H groups in total. The number of rotatable bonds is 6. The zero-order chi connectivity index (χ0) is 26.9. The number of para-hydroxylation sites is 3. The Balaban J connectivity index is 1.23. The molecule has 6 rings (SSSR count). The molecule has 8 nitrogen and oxygen atoms in total. The summed E-state index contributed by atoms with van der Waals surface area (Å²) in [7, 11) is 0. The Morgan fingerprint density at radius 1 is 0.974 bits per heavy atom. The third-order valence-electron chi connectivity index (χ3n) is 5.49. The number of halogens is 1. The van der Waals surface area contributed by atoms with E-state index < -0.39 is 11.8 Å². The molecule has 2 aromatic heterocycles. The highest BCUT2D eigenvalue weighted by atomic mass is 35.5. The summed E-state index contributed by atoms with van der Waals surface area (Å²) in [5.74, 6) is 0.0592. The minimum atomic E-state index is -0.622. The van der Waals surface area contributed by atoms with Crippen molar-refractivity contribution < 1.29 is 18.7 Å². The highest BCUT2D eigenvalue weighted by molar-refractivity contribution is 8.00. The SMILES string of the molecule is O=C1NC(=S)N(c2ccc(Oc3ccccc3)cc2)C(=O)C1=Cc1sc(Sc2nc3ccccc3o2)nc1Cl. The van der Waals surface area contributed by atoms with Gasteiger partial charge in [-0.3, -0.25) is 19.8 Å². The van der Waals surface area contributed by atoms with Gasteiger partial charge in [0, 0.05) is 11.8 Å². The third kappa shape index (κ3) is 5.30. The number of hydrogen-bond donors (Lipinski definition) is 1. The van der Waals surface area contributed by atoms with Crippen molar-refractivity contribution in [1.82, 2.24) is 15.3 Å². The number of oxazole rings is 1. The number of carbonyl (C=O) groups is 2. The lowest BCUT2D eigenvalue weighted by Gasteiger charge is -2.28. The van der Waals surface area contributed by atoms with Gasteiger partial charge in [0.25, 0.3) is 17.0 Å². The minimum absolute atomic E-state index is 0.0264. The number of carbonyl (C=O) groups excluding carboxylic acids is 2. The second-order valence-corrected chi connectivity index (χ2v) is 11.0. The van der Waals surface area contributed by atoms with Crippen molar-refractivity contribution >= 4 is 86.7 Å². The van der Waals surface area contributed by atoms with Gasteiger partial charge in [-0.1, -0.05) is 41.9 Å². The van der Waals surface area contributed by atoms with Gasteiger partial charge >= 0.3 is 0 Å². The van der Waals surface area contributed by atoms with E-state index >= 15 is 0 Å². The number of nitrogens with zero attached hydrogens (tertiary/aromatic N) is 3. The van der Waals surface area contributed by atoms with Gasteiger partial charge < -0.3 is 9.15 Å². The number of thiazole rings is 1. The van der Waals surface area contributed by atoms with Crippen LogP contribution >= 0.6 is 46.9 Å². The van der Waals surface area contributed by atoms with Crippen molar-refractivity contribution in [2.45, 2.75) is 9.56 Å². The van der Waals surface area contributed by atoms with Crippen LogP contribution in [0.4, 0.5) is 5.69 Å². The number of hydrogen-bond acceptors (Lipinski definition) is 9. The fourth-order valence-electron chi connectivity index (χ4n) is 3.71. The Morgan fingerprint density at radius 2 is 1.69 bits per heavy atom. The van der Waals surface area contributed by atoms with Crippen LogP contribution in [0.5, 0.6) is 11.5 Å². The number of amides is 2. The summed E-state index contributed by atoms with van der Waals surface area (Å²) in [5.41, 5.74) is 1.73. The lowest BCUT2D eigenvalue weighted by molar-refractivity contribution is -0.122. The van der Waals surface area contributed by atoms with E-state index in [1.54, 1.807) is 24.3 Å². The van der Waals surface area contributed by atoms with E-state index in [0.29, 0.717) is 37.2 Å². The molecular formula is C27H15ClN4O4S3. The summed E-state index contributed by atoms with van der Waals surface area (Å²) in [5, 5.41) is 3.10. The number of aromatic nitrogens is 2. The Bertz CT molecular complexity index is 1730. The molecule has 0 aliphatic carbocycles. The maximum Gasteiger partial charge on any atom is 0.270 e. The molecule has 0 radical (unpaired) electrons. The van der Waals surface area contributed by atoms with Gasteiger partial charge in [-0.05, 0) is 66.8 Å². The summed E-state index contributed by atoms with van der Waals surface area (Å²) in [6.07, 6.45) is 1.41. The smallest absolute Gasteiger partial charge is 0.270 e. The quantitative estimate of drug-likeness (QED) is 0.132. The first-order chi connectivity index (χ1) is 18.9. The summed E-state index contributed by atoms with van der Waals surface area (Å²) < 4.78 is 12.1. The molecule has 12 heteroatoms. The molecule has 0 unspecified atom stereocenters. The molecule has 1 fully saturated rings. The summed E-state index contributed by atoms with van der Waals surface area (Å²) in [6, 6.07) is 23.5. The molecule has 5 aromatic rings. The van der Waals surface area contributed by atoms with Gasteiger partial charge in [0.05, 0.1) is 10.6 Å². The Labute approximate surface area is 240 Å². The monoisotopic (exact) mass is 590 g/mol. The molecule has 0 bridgehead atoms. The van der Waals surface area contributed by atoms with Crippen LogP contribution in [0, 0.1) is 0 Å². The topological polar surface area (TPSA) is 97.6 Å². The van der Waals surface area contributed by atoms with Crippen LogP contribution in [0.1, 0.15) is 4.88 Å². The molecule has 1 saturated heterocycles. The first-order valence-corrected chi connectivity index (χ1v) is 13.8. The van der Waals surface area contributed by atoms with E-state index in [1.807, 2.05) is 54.6 Å². The van der Waals surface area contributed by atoms with E-state index in [9.17, 15) is 9.59 Å². The molecule has 0 atom stereocenters. The maximum absolute atomic E-state index is 13.4. The van der Waals surface area contributed by atoms with Crippen molar-refractivity contribution in [1.29, 1.82) is 0 Å². The van der Waals surface area contributed by atoms with Crippen LogP contribution < -0.4 is 15.0 Å². The van der Waals surface area contributed by atoms with Crippen molar-refractivity contribution in [3.8, 4) is 11.5 Å². The Kier molecular flexibility index (Phi) is 6.88. The fraction of sp³-hybridized carbons (Fsp3) is 0. The average molecular weight is 591 g/mol.